The number of aromatic nitrogens is 1. The summed E-state index contributed by atoms with van der Waals surface area (Å²) in [6.45, 7) is 4.81. The molecule has 24 heavy (non-hydrogen) atoms. The monoisotopic (exact) mass is 318 g/mol. The fourth-order valence-corrected chi connectivity index (χ4v) is 3.35. The summed E-state index contributed by atoms with van der Waals surface area (Å²) >= 11 is 0. The molecule has 3 aromatic rings. The van der Waals surface area contributed by atoms with E-state index in [1.165, 1.54) is 22.4 Å². The second-order valence-corrected chi connectivity index (χ2v) is 6.32. The molecular formula is C21H22N2O. The van der Waals surface area contributed by atoms with Crippen LogP contribution in [-0.4, -0.2) is 22.6 Å². The van der Waals surface area contributed by atoms with Gasteiger partial charge in [0.2, 0.25) is 0 Å². The molecule has 0 spiro atoms. The summed E-state index contributed by atoms with van der Waals surface area (Å²) in [7, 11) is 0. The van der Waals surface area contributed by atoms with Crippen molar-refractivity contribution in [3.8, 4) is 5.69 Å². The van der Waals surface area contributed by atoms with E-state index >= 15 is 0 Å². The number of hydrogen-bond donors (Lipinski definition) is 0. The van der Waals surface area contributed by atoms with E-state index < -0.39 is 0 Å². The third-order valence-electron chi connectivity index (χ3n) is 4.61. The first-order valence-corrected chi connectivity index (χ1v) is 8.45. The molecule has 1 fully saturated rings. The van der Waals surface area contributed by atoms with Gasteiger partial charge in [0.05, 0.1) is 6.61 Å². The Labute approximate surface area is 143 Å². The van der Waals surface area contributed by atoms with Gasteiger partial charge in [-0.25, -0.2) is 0 Å². The highest BCUT2D eigenvalue weighted by atomic mass is 16.5. The maximum atomic E-state index is 6.02. The first-order chi connectivity index (χ1) is 11.8. The van der Waals surface area contributed by atoms with E-state index in [2.05, 4.69) is 89.4 Å². The standard InChI is InChI=1S/C21H22N2O/c1-17-7-5-6-10-20(17)22-12-11-19(16-22)21-23(13-14-24-21)15-18-8-3-2-4-9-18/h2-12,16,21H,13-15H2,1H3. The number of ether oxygens (including phenoxy) is 1. The van der Waals surface area contributed by atoms with Crippen molar-refractivity contribution in [2.45, 2.75) is 19.7 Å². The largest absolute Gasteiger partial charge is 0.357 e. The van der Waals surface area contributed by atoms with Crippen LogP contribution in [0.2, 0.25) is 0 Å². The molecule has 4 rings (SSSR count). The Morgan fingerprint density at radius 1 is 1.00 bits per heavy atom. The molecule has 3 nitrogen and oxygen atoms in total. The molecule has 2 aromatic carbocycles. The second kappa shape index (κ2) is 6.63. The van der Waals surface area contributed by atoms with E-state index in [4.69, 9.17) is 4.74 Å². The highest BCUT2D eigenvalue weighted by molar-refractivity contribution is 5.41. The van der Waals surface area contributed by atoms with E-state index in [9.17, 15) is 0 Å². The lowest BCUT2D eigenvalue weighted by molar-refractivity contribution is 0.0288. The summed E-state index contributed by atoms with van der Waals surface area (Å²) in [5, 5.41) is 0. The van der Waals surface area contributed by atoms with Crippen LogP contribution in [0.1, 0.15) is 22.9 Å². The topological polar surface area (TPSA) is 17.4 Å². The van der Waals surface area contributed by atoms with Crippen LogP contribution >= 0.6 is 0 Å². The minimum Gasteiger partial charge on any atom is -0.357 e. The van der Waals surface area contributed by atoms with E-state index in [1.54, 1.807) is 0 Å². The van der Waals surface area contributed by atoms with Crippen LogP contribution in [0.25, 0.3) is 5.69 Å². The highest BCUT2D eigenvalue weighted by Crippen LogP contribution is 2.29. The molecule has 0 amide bonds. The Morgan fingerprint density at radius 2 is 1.79 bits per heavy atom. The smallest absolute Gasteiger partial charge is 0.138 e. The number of benzene rings is 2. The zero-order valence-corrected chi connectivity index (χ0v) is 13.9. The normalized spacial score (nSPS) is 18.1. The molecule has 1 atom stereocenters. The Hall–Kier alpha value is -2.36. The summed E-state index contributed by atoms with van der Waals surface area (Å²) in [6.07, 6.45) is 4.35. The van der Waals surface area contributed by atoms with Crippen LogP contribution in [0, 0.1) is 6.92 Å². The zero-order chi connectivity index (χ0) is 16.4. The van der Waals surface area contributed by atoms with Gasteiger partial charge in [-0.15, -0.1) is 0 Å². The number of aryl methyl sites for hydroxylation is 1. The Bertz CT molecular complexity index is 809. The summed E-state index contributed by atoms with van der Waals surface area (Å²) in [6, 6.07) is 21.2. The molecule has 0 saturated carbocycles. The lowest BCUT2D eigenvalue weighted by atomic mass is 10.2. The van der Waals surface area contributed by atoms with Crippen LogP contribution in [0.15, 0.2) is 73.1 Å². The molecule has 1 unspecified atom stereocenters. The van der Waals surface area contributed by atoms with Gasteiger partial charge in [0, 0.05) is 36.7 Å². The zero-order valence-electron chi connectivity index (χ0n) is 13.9. The van der Waals surface area contributed by atoms with Crippen molar-refractivity contribution in [2.75, 3.05) is 13.2 Å². The average molecular weight is 318 g/mol. The fourth-order valence-electron chi connectivity index (χ4n) is 3.35. The molecule has 1 aliphatic rings. The Balaban J connectivity index is 1.56. The van der Waals surface area contributed by atoms with Gasteiger partial charge in [0.15, 0.2) is 0 Å². The molecule has 0 aliphatic carbocycles. The van der Waals surface area contributed by atoms with E-state index in [0.717, 1.165) is 19.7 Å². The first-order valence-electron chi connectivity index (χ1n) is 8.45. The van der Waals surface area contributed by atoms with Crippen LogP contribution in [0.3, 0.4) is 0 Å². The van der Waals surface area contributed by atoms with Gasteiger partial charge in [-0.3, -0.25) is 4.90 Å². The fraction of sp³-hybridized carbons (Fsp3) is 0.238. The van der Waals surface area contributed by atoms with E-state index in [0.29, 0.717) is 0 Å². The predicted molar refractivity (Wildman–Crippen MR) is 96.1 cm³/mol. The quantitative estimate of drug-likeness (QED) is 0.713. The molecule has 2 heterocycles. The van der Waals surface area contributed by atoms with Crippen molar-refractivity contribution < 1.29 is 4.74 Å². The minimum absolute atomic E-state index is 0.0375. The van der Waals surface area contributed by atoms with Gasteiger partial charge in [-0.05, 0) is 30.2 Å². The molecule has 1 aliphatic heterocycles. The molecule has 122 valence electrons. The number of nitrogens with zero attached hydrogens (tertiary/aromatic N) is 2. The molecular weight excluding hydrogens is 296 g/mol. The molecule has 3 heteroatoms. The number of para-hydroxylation sites is 1. The van der Waals surface area contributed by atoms with Gasteiger partial charge >= 0.3 is 0 Å². The van der Waals surface area contributed by atoms with Crippen molar-refractivity contribution in [1.29, 1.82) is 0 Å². The third kappa shape index (κ3) is 3.01. The Kier molecular flexibility index (Phi) is 4.20. The number of rotatable bonds is 4. The first kappa shape index (κ1) is 15.2. The third-order valence-corrected chi connectivity index (χ3v) is 4.61. The summed E-state index contributed by atoms with van der Waals surface area (Å²) in [5.74, 6) is 0. The Morgan fingerprint density at radius 3 is 2.62 bits per heavy atom. The average Bonchev–Trinajstić information content (AvgIpc) is 3.25. The van der Waals surface area contributed by atoms with Crippen LogP contribution in [0.4, 0.5) is 0 Å². The van der Waals surface area contributed by atoms with Crippen molar-refractivity contribution in [3.63, 3.8) is 0 Å². The van der Waals surface area contributed by atoms with Gasteiger partial charge in [0.25, 0.3) is 0 Å². The lowest BCUT2D eigenvalue weighted by Crippen LogP contribution is -2.23. The van der Waals surface area contributed by atoms with E-state index in [-0.39, 0.29) is 6.23 Å². The van der Waals surface area contributed by atoms with Gasteiger partial charge in [-0.1, -0.05) is 48.5 Å². The van der Waals surface area contributed by atoms with E-state index in [1.807, 2.05) is 0 Å². The van der Waals surface area contributed by atoms with Gasteiger partial charge in [-0.2, -0.15) is 0 Å². The minimum atomic E-state index is 0.0375. The van der Waals surface area contributed by atoms with Crippen molar-refractivity contribution in [3.05, 3.63) is 89.7 Å². The SMILES string of the molecule is Cc1ccccc1-n1ccc(C2OCCN2Cc2ccccc2)c1. The maximum Gasteiger partial charge on any atom is 0.138 e. The highest BCUT2D eigenvalue weighted by Gasteiger charge is 2.27. The summed E-state index contributed by atoms with van der Waals surface area (Å²) < 4.78 is 8.20. The number of hydrogen-bond acceptors (Lipinski definition) is 2. The predicted octanol–water partition coefficient (Wildman–Crippen LogP) is 4.32. The van der Waals surface area contributed by atoms with Gasteiger partial charge in [0.1, 0.15) is 6.23 Å². The molecule has 0 radical (unpaired) electrons. The molecule has 0 bridgehead atoms. The van der Waals surface area contributed by atoms with Crippen LogP contribution in [-0.2, 0) is 11.3 Å². The van der Waals surface area contributed by atoms with Crippen molar-refractivity contribution in [1.82, 2.24) is 9.47 Å². The lowest BCUT2D eigenvalue weighted by Gasteiger charge is -2.22. The van der Waals surface area contributed by atoms with Crippen LogP contribution in [0.5, 0.6) is 0 Å². The summed E-state index contributed by atoms with van der Waals surface area (Å²) in [4.78, 5) is 2.40. The summed E-state index contributed by atoms with van der Waals surface area (Å²) in [5.41, 5.74) is 5.03. The van der Waals surface area contributed by atoms with Crippen molar-refractivity contribution in [2.24, 2.45) is 0 Å². The second-order valence-electron chi connectivity index (χ2n) is 6.32. The maximum absolute atomic E-state index is 6.02. The molecule has 0 N–H and O–H groups in total. The molecule has 1 aromatic heterocycles. The molecule has 1 saturated heterocycles. The van der Waals surface area contributed by atoms with Crippen LogP contribution < -0.4 is 0 Å². The van der Waals surface area contributed by atoms with Gasteiger partial charge < -0.3 is 9.30 Å². The van der Waals surface area contributed by atoms with Crippen molar-refractivity contribution >= 4 is 0 Å².